The van der Waals surface area contributed by atoms with Crippen LogP contribution in [0.15, 0.2) is 18.2 Å². The SMILES string of the molecule is CCOC(=O)c1ccc(C(C)(C)C)c(F)c1. The third-order valence-electron chi connectivity index (χ3n) is 2.29. The first-order valence-corrected chi connectivity index (χ1v) is 5.33. The van der Waals surface area contributed by atoms with Crippen LogP contribution in [-0.4, -0.2) is 12.6 Å². The highest BCUT2D eigenvalue weighted by molar-refractivity contribution is 5.89. The van der Waals surface area contributed by atoms with Crippen molar-refractivity contribution >= 4 is 5.97 Å². The lowest BCUT2D eigenvalue weighted by Crippen LogP contribution is -2.14. The smallest absolute Gasteiger partial charge is 0.338 e. The van der Waals surface area contributed by atoms with Crippen LogP contribution >= 0.6 is 0 Å². The average molecular weight is 224 g/mol. The van der Waals surface area contributed by atoms with Crippen molar-refractivity contribution in [3.05, 3.63) is 35.1 Å². The minimum absolute atomic E-state index is 0.257. The van der Waals surface area contributed by atoms with Crippen LogP contribution in [0, 0.1) is 5.82 Å². The van der Waals surface area contributed by atoms with E-state index in [0.29, 0.717) is 12.2 Å². The van der Waals surface area contributed by atoms with Gasteiger partial charge in [-0.25, -0.2) is 9.18 Å². The molecule has 0 unspecified atom stereocenters. The maximum Gasteiger partial charge on any atom is 0.338 e. The van der Waals surface area contributed by atoms with Crippen LogP contribution in [0.4, 0.5) is 4.39 Å². The highest BCUT2D eigenvalue weighted by Gasteiger charge is 2.19. The van der Waals surface area contributed by atoms with Gasteiger partial charge in [0.1, 0.15) is 5.82 Å². The van der Waals surface area contributed by atoms with Crippen molar-refractivity contribution in [2.24, 2.45) is 0 Å². The minimum atomic E-state index is -0.484. The average Bonchev–Trinajstić information content (AvgIpc) is 2.16. The molecule has 0 aliphatic carbocycles. The second kappa shape index (κ2) is 4.64. The Bertz CT molecular complexity index is 391. The quantitative estimate of drug-likeness (QED) is 0.720. The standard InChI is InChI=1S/C13H17FO2/c1-5-16-12(15)9-6-7-10(11(14)8-9)13(2,3)4/h6-8H,5H2,1-4H3. The summed E-state index contributed by atoms with van der Waals surface area (Å²) < 4.78 is 18.5. The topological polar surface area (TPSA) is 26.3 Å². The van der Waals surface area contributed by atoms with Crippen LogP contribution in [-0.2, 0) is 10.2 Å². The van der Waals surface area contributed by atoms with Gasteiger partial charge in [-0.1, -0.05) is 26.8 Å². The number of hydrogen-bond acceptors (Lipinski definition) is 2. The second-order valence-electron chi connectivity index (χ2n) is 4.67. The molecule has 0 radical (unpaired) electrons. The van der Waals surface area contributed by atoms with Gasteiger partial charge in [-0.2, -0.15) is 0 Å². The Labute approximate surface area is 95.4 Å². The van der Waals surface area contributed by atoms with Crippen LogP contribution in [0.3, 0.4) is 0 Å². The molecule has 1 rings (SSSR count). The van der Waals surface area contributed by atoms with Crippen LogP contribution < -0.4 is 0 Å². The summed E-state index contributed by atoms with van der Waals surface area (Å²) in [5.41, 5.74) is 0.588. The highest BCUT2D eigenvalue weighted by Crippen LogP contribution is 2.25. The Morgan fingerprint density at radius 3 is 2.44 bits per heavy atom. The van der Waals surface area contributed by atoms with E-state index >= 15 is 0 Å². The fraction of sp³-hybridized carbons (Fsp3) is 0.462. The summed E-state index contributed by atoms with van der Waals surface area (Å²) in [7, 11) is 0. The predicted molar refractivity (Wildman–Crippen MR) is 61.1 cm³/mol. The number of halogens is 1. The molecular formula is C13H17FO2. The lowest BCUT2D eigenvalue weighted by atomic mass is 9.86. The molecule has 0 spiro atoms. The number of hydrogen-bond donors (Lipinski definition) is 0. The summed E-state index contributed by atoms with van der Waals surface area (Å²) in [5, 5.41) is 0. The zero-order chi connectivity index (χ0) is 12.3. The summed E-state index contributed by atoms with van der Waals surface area (Å²) in [5.74, 6) is -0.847. The molecule has 0 atom stereocenters. The Hall–Kier alpha value is -1.38. The van der Waals surface area contributed by atoms with E-state index in [-0.39, 0.29) is 16.8 Å². The maximum absolute atomic E-state index is 13.7. The zero-order valence-electron chi connectivity index (χ0n) is 10.1. The molecule has 0 amide bonds. The first kappa shape index (κ1) is 12.7. The van der Waals surface area contributed by atoms with Crippen LogP contribution in [0.1, 0.15) is 43.6 Å². The molecule has 88 valence electrons. The van der Waals surface area contributed by atoms with Crippen molar-refractivity contribution in [3.8, 4) is 0 Å². The molecule has 0 saturated carbocycles. The maximum atomic E-state index is 13.7. The summed E-state index contributed by atoms with van der Waals surface area (Å²) in [4.78, 5) is 11.4. The molecule has 0 aliphatic rings. The third-order valence-corrected chi connectivity index (χ3v) is 2.29. The molecule has 0 bridgehead atoms. The van der Waals surface area contributed by atoms with Gasteiger partial charge in [-0.3, -0.25) is 0 Å². The lowest BCUT2D eigenvalue weighted by Gasteiger charge is -2.19. The monoisotopic (exact) mass is 224 g/mol. The number of rotatable bonds is 2. The molecule has 1 aromatic rings. The molecule has 1 aromatic carbocycles. The fourth-order valence-corrected chi connectivity index (χ4v) is 1.46. The summed E-state index contributed by atoms with van der Waals surface area (Å²) in [6.45, 7) is 7.79. The number of carbonyl (C=O) groups excluding carboxylic acids is 1. The molecule has 0 aromatic heterocycles. The van der Waals surface area contributed by atoms with E-state index in [2.05, 4.69) is 0 Å². The van der Waals surface area contributed by atoms with E-state index in [1.807, 2.05) is 20.8 Å². The Morgan fingerprint density at radius 1 is 1.38 bits per heavy atom. The van der Waals surface area contributed by atoms with E-state index in [0.717, 1.165) is 0 Å². The molecule has 0 N–H and O–H groups in total. The molecule has 0 fully saturated rings. The lowest BCUT2D eigenvalue weighted by molar-refractivity contribution is 0.0525. The van der Waals surface area contributed by atoms with Gasteiger partial charge < -0.3 is 4.74 Å². The Kier molecular flexibility index (Phi) is 3.68. The fourth-order valence-electron chi connectivity index (χ4n) is 1.46. The van der Waals surface area contributed by atoms with Gasteiger partial charge in [-0.15, -0.1) is 0 Å². The first-order chi connectivity index (χ1) is 7.36. The molecule has 0 aliphatic heterocycles. The van der Waals surface area contributed by atoms with Gasteiger partial charge in [0.2, 0.25) is 0 Å². The Balaban J connectivity index is 3.05. The minimum Gasteiger partial charge on any atom is -0.462 e. The molecular weight excluding hydrogens is 207 g/mol. The van der Waals surface area contributed by atoms with Crippen molar-refractivity contribution in [2.75, 3.05) is 6.61 Å². The summed E-state index contributed by atoms with van der Waals surface area (Å²) >= 11 is 0. The van der Waals surface area contributed by atoms with Crippen molar-refractivity contribution in [3.63, 3.8) is 0 Å². The predicted octanol–water partition coefficient (Wildman–Crippen LogP) is 3.30. The van der Waals surface area contributed by atoms with Crippen molar-refractivity contribution in [1.82, 2.24) is 0 Å². The highest BCUT2D eigenvalue weighted by atomic mass is 19.1. The van der Waals surface area contributed by atoms with E-state index in [4.69, 9.17) is 4.74 Å². The van der Waals surface area contributed by atoms with Gasteiger partial charge in [0.15, 0.2) is 0 Å². The summed E-state index contributed by atoms with van der Waals surface area (Å²) in [6.07, 6.45) is 0. The first-order valence-electron chi connectivity index (χ1n) is 5.33. The normalized spacial score (nSPS) is 11.3. The van der Waals surface area contributed by atoms with Gasteiger partial charge in [0.25, 0.3) is 0 Å². The van der Waals surface area contributed by atoms with Crippen LogP contribution in [0.5, 0.6) is 0 Å². The van der Waals surface area contributed by atoms with Gasteiger partial charge in [-0.05, 0) is 30.0 Å². The molecule has 2 nitrogen and oxygen atoms in total. The summed E-state index contributed by atoms with van der Waals surface area (Å²) in [6, 6.07) is 4.47. The number of benzene rings is 1. The number of esters is 1. The molecule has 3 heteroatoms. The van der Waals surface area contributed by atoms with E-state index < -0.39 is 5.97 Å². The number of carbonyl (C=O) groups is 1. The van der Waals surface area contributed by atoms with E-state index in [1.54, 1.807) is 19.1 Å². The van der Waals surface area contributed by atoms with Crippen LogP contribution in [0.2, 0.25) is 0 Å². The van der Waals surface area contributed by atoms with Crippen molar-refractivity contribution in [2.45, 2.75) is 33.1 Å². The van der Waals surface area contributed by atoms with E-state index in [9.17, 15) is 9.18 Å². The van der Waals surface area contributed by atoms with Gasteiger partial charge in [0.05, 0.1) is 12.2 Å². The van der Waals surface area contributed by atoms with Crippen molar-refractivity contribution < 1.29 is 13.9 Å². The zero-order valence-corrected chi connectivity index (χ0v) is 10.1. The van der Waals surface area contributed by atoms with E-state index in [1.165, 1.54) is 6.07 Å². The second-order valence-corrected chi connectivity index (χ2v) is 4.67. The number of ether oxygens (including phenoxy) is 1. The largest absolute Gasteiger partial charge is 0.462 e. The van der Waals surface area contributed by atoms with Gasteiger partial charge in [0, 0.05) is 0 Å². The Morgan fingerprint density at radius 2 is 2.00 bits per heavy atom. The molecule has 0 heterocycles. The van der Waals surface area contributed by atoms with Crippen molar-refractivity contribution in [1.29, 1.82) is 0 Å². The third kappa shape index (κ3) is 2.81. The molecule has 16 heavy (non-hydrogen) atoms. The molecule has 0 saturated heterocycles. The van der Waals surface area contributed by atoms with Crippen LogP contribution in [0.25, 0.3) is 0 Å². The van der Waals surface area contributed by atoms with Gasteiger partial charge >= 0.3 is 5.97 Å².